The van der Waals surface area contributed by atoms with Gasteiger partial charge < -0.3 is 5.11 Å². The van der Waals surface area contributed by atoms with Crippen molar-refractivity contribution in [2.24, 2.45) is 0 Å². The Morgan fingerprint density at radius 3 is 3.13 bits per heavy atom. The number of piperidine rings is 1. The van der Waals surface area contributed by atoms with Crippen molar-refractivity contribution < 1.29 is 5.11 Å². The van der Waals surface area contributed by atoms with Crippen LogP contribution in [0, 0.1) is 0 Å². The second-order valence-electron chi connectivity index (χ2n) is 3.96. The van der Waals surface area contributed by atoms with Crippen molar-refractivity contribution >= 4 is 11.3 Å². The first kappa shape index (κ1) is 11.0. The average Bonchev–Trinajstić information content (AvgIpc) is 2.77. The molecule has 1 fully saturated rings. The van der Waals surface area contributed by atoms with E-state index in [0.29, 0.717) is 6.04 Å². The number of aliphatic hydroxyl groups excluding tert-OH is 1. The molecule has 1 N–H and O–H groups in total. The van der Waals surface area contributed by atoms with Gasteiger partial charge in [-0.05, 0) is 25.9 Å². The van der Waals surface area contributed by atoms with Crippen LogP contribution in [0.25, 0.3) is 0 Å². The van der Waals surface area contributed by atoms with Gasteiger partial charge >= 0.3 is 0 Å². The molecule has 0 aliphatic carbocycles. The first-order valence-electron chi connectivity index (χ1n) is 5.64. The summed E-state index contributed by atoms with van der Waals surface area (Å²) in [5.41, 5.74) is 0. The van der Waals surface area contributed by atoms with E-state index < -0.39 is 0 Å². The molecule has 15 heavy (non-hydrogen) atoms. The molecule has 1 aliphatic rings. The molecular weight excluding hydrogens is 208 g/mol. The van der Waals surface area contributed by atoms with E-state index in [1.165, 1.54) is 30.8 Å². The van der Waals surface area contributed by atoms with Gasteiger partial charge in [-0.3, -0.25) is 4.90 Å². The number of hydrogen-bond donors (Lipinski definition) is 1. The molecule has 1 atom stereocenters. The molecule has 0 bridgehead atoms. The van der Waals surface area contributed by atoms with Crippen molar-refractivity contribution in [3.05, 3.63) is 16.1 Å². The topological polar surface area (TPSA) is 36.4 Å². The summed E-state index contributed by atoms with van der Waals surface area (Å²) in [5, 5.41) is 10.2. The van der Waals surface area contributed by atoms with Crippen LogP contribution in [0.15, 0.2) is 6.20 Å². The summed E-state index contributed by atoms with van der Waals surface area (Å²) in [5.74, 6) is 0. The molecule has 0 aromatic carbocycles. The van der Waals surface area contributed by atoms with Crippen molar-refractivity contribution in [1.82, 2.24) is 9.88 Å². The van der Waals surface area contributed by atoms with Crippen LogP contribution in [0.1, 0.15) is 42.1 Å². The second-order valence-corrected chi connectivity index (χ2v) is 5.11. The molecule has 0 saturated carbocycles. The highest BCUT2D eigenvalue weighted by Gasteiger charge is 2.24. The molecule has 0 spiro atoms. The third-order valence-electron chi connectivity index (χ3n) is 3.03. The van der Waals surface area contributed by atoms with Gasteiger partial charge in [0.2, 0.25) is 0 Å². The zero-order valence-corrected chi connectivity index (χ0v) is 9.96. The fourth-order valence-corrected chi connectivity index (χ4v) is 3.15. The van der Waals surface area contributed by atoms with Gasteiger partial charge in [-0.25, -0.2) is 4.98 Å². The summed E-state index contributed by atoms with van der Waals surface area (Å²) in [6.45, 7) is 4.61. The van der Waals surface area contributed by atoms with Crippen LogP contribution in [0.4, 0.5) is 0 Å². The molecule has 84 valence electrons. The molecule has 1 aliphatic heterocycles. The number of nitrogens with zero attached hydrogens (tertiary/aromatic N) is 2. The lowest BCUT2D eigenvalue weighted by Gasteiger charge is -2.33. The maximum Gasteiger partial charge on any atom is 0.110 e. The summed E-state index contributed by atoms with van der Waals surface area (Å²) in [6, 6.07) is 0.494. The van der Waals surface area contributed by atoms with Crippen LogP contribution in [0.3, 0.4) is 0 Å². The Labute approximate surface area is 94.8 Å². The predicted octanol–water partition coefficient (Wildman–Crippen LogP) is 2.18. The van der Waals surface area contributed by atoms with Gasteiger partial charge in [0, 0.05) is 6.20 Å². The summed E-state index contributed by atoms with van der Waals surface area (Å²) >= 11 is 1.66. The Kier molecular flexibility index (Phi) is 3.72. The van der Waals surface area contributed by atoms with E-state index >= 15 is 0 Å². The first-order valence-corrected chi connectivity index (χ1v) is 6.46. The van der Waals surface area contributed by atoms with E-state index in [1.807, 2.05) is 6.20 Å². The van der Waals surface area contributed by atoms with E-state index in [-0.39, 0.29) is 6.61 Å². The fraction of sp³-hybridized carbons (Fsp3) is 0.727. The average molecular weight is 226 g/mol. The molecule has 2 rings (SSSR count). The molecule has 0 radical (unpaired) electrons. The highest BCUT2D eigenvalue weighted by Crippen LogP contribution is 2.32. The minimum absolute atomic E-state index is 0.122. The van der Waals surface area contributed by atoms with Gasteiger partial charge in [0.15, 0.2) is 0 Å². The third kappa shape index (κ3) is 2.38. The highest BCUT2D eigenvalue weighted by atomic mass is 32.1. The van der Waals surface area contributed by atoms with Gasteiger partial charge in [-0.2, -0.15) is 0 Å². The third-order valence-corrected chi connectivity index (χ3v) is 4.12. The van der Waals surface area contributed by atoms with Crippen molar-refractivity contribution in [3.63, 3.8) is 0 Å². The molecule has 0 amide bonds. The van der Waals surface area contributed by atoms with Crippen molar-refractivity contribution in [3.8, 4) is 0 Å². The Morgan fingerprint density at radius 1 is 1.60 bits per heavy atom. The Balaban J connectivity index is 2.12. The normalized spacial score (nSPS) is 23.2. The number of aliphatic hydroxyl groups is 1. The maximum atomic E-state index is 9.03. The molecule has 4 heteroatoms. The van der Waals surface area contributed by atoms with Gasteiger partial charge in [0.05, 0.1) is 17.5 Å². The number of likely N-dealkylation sites (tertiary alicyclic amines) is 1. The van der Waals surface area contributed by atoms with Crippen LogP contribution < -0.4 is 0 Å². The molecular formula is C11H18N2OS. The van der Waals surface area contributed by atoms with Crippen molar-refractivity contribution in [2.75, 3.05) is 13.1 Å². The molecule has 1 aromatic heterocycles. The Hall–Kier alpha value is -0.450. The first-order chi connectivity index (χ1) is 7.35. The minimum Gasteiger partial charge on any atom is -0.391 e. The standard InChI is InChI=1S/C11H18N2OS/c1-2-13-6-4-3-5-10(13)11-12-7-9(8-14)15-11/h7,10,14H,2-6,8H2,1H3. The lowest BCUT2D eigenvalue weighted by atomic mass is 10.0. The highest BCUT2D eigenvalue weighted by molar-refractivity contribution is 7.11. The SMILES string of the molecule is CCN1CCCCC1c1ncc(CO)s1. The monoisotopic (exact) mass is 226 g/mol. The zero-order valence-electron chi connectivity index (χ0n) is 9.15. The quantitative estimate of drug-likeness (QED) is 0.858. The predicted molar refractivity (Wildman–Crippen MR) is 61.9 cm³/mol. The van der Waals surface area contributed by atoms with Crippen LogP contribution in [0.2, 0.25) is 0 Å². The summed E-state index contributed by atoms with van der Waals surface area (Å²) < 4.78 is 0. The maximum absolute atomic E-state index is 9.03. The van der Waals surface area contributed by atoms with E-state index in [2.05, 4.69) is 16.8 Å². The number of hydrogen-bond acceptors (Lipinski definition) is 4. The van der Waals surface area contributed by atoms with Crippen LogP contribution in [-0.4, -0.2) is 28.1 Å². The van der Waals surface area contributed by atoms with Crippen LogP contribution in [0.5, 0.6) is 0 Å². The zero-order chi connectivity index (χ0) is 10.7. The van der Waals surface area contributed by atoms with Crippen molar-refractivity contribution in [2.45, 2.75) is 38.8 Å². The molecule has 3 nitrogen and oxygen atoms in total. The summed E-state index contributed by atoms with van der Waals surface area (Å²) in [7, 11) is 0. The van der Waals surface area contributed by atoms with Gasteiger partial charge in [0.1, 0.15) is 5.01 Å². The molecule has 2 heterocycles. The van der Waals surface area contributed by atoms with Gasteiger partial charge in [-0.1, -0.05) is 13.3 Å². The number of aromatic nitrogens is 1. The van der Waals surface area contributed by atoms with E-state index in [4.69, 9.17) is 5.11 Å². The molecule has 1 unspecified atom stereocenters. The lowest BCUT2D eigenvalue weighted by molar-refractivity contribution is 0.157. The van der Waals surface area contributed by atoms with E-state index in [0.717, 1.165) is 11.4 Å². The fourth-order valence-electron chi connectivity index (χ4n) is 2.20. The Bertz CT molecular complexity index is 313. The number of rotatable bonds is 3. The van der Waals surface area contributed by atoms with Crippen LogP contribution in [-0.2, 0) is 6.61 Å². The van der Waals surface area contributed by atoms with Gasteiger partial charge in [0.25, 0.3) is 0 Å². The summed E-state index contributed by atoms with van der Waals surface area (Å²) in [6.07, 6.45) is 5.63. The van der Waals surface area contributed by atoms with E-state index in [9.17, 15) is 0 Å². The minimum atomic E-state index is 0.122. The van der Waals surface area contributed by atoms with Crippen molar-refractivity contribution in [1.29, 1.82) is 0 Å². The number of thiazole rings is 1. The van der Waals surface area contributed by atoms with Gasteiger partial charge in [-0.15, -0.1) is 11.3 Å². The smallest absolute Gasteiger partial charge is 0.110 e. The molecule has 1 saturated heterocycles. The lowest BCUT2D eigenvalue weighted by Crippen LogP contribution is -2.32. The summed E-state index contributed by atoms with van der Waals surface area (Å²) in [4.78, 5) is 7.89. The van der Waals surface area contributed by atoms with Crippen LogP contribution >= 0.6 is 11.3 Å². The molecule has 1 aromatic rings. The second kappa shape index (κ2) is 5.05. The van der Waals surface area contributed by atoms with E-state index in [1.54, 1.807) is 11.3 Å². The Morgan fingerprint density at radius 2 is 2.47 bits per heavy atom. The largest absolute Gasteiger partial charge is 0.391 e.